The highest BCUT2D eigenvalue weighted by atomic mass is 16.4. The van der Waals surface area contributed by atoms with Crippen LogP contribution in [0.1, 0.15) is 116 Å². The minimum Gasteiger partial charge on any atom is -0.480 e. The lowest BCUT2D eigenvalue weighted by Gasteiger charge is -2.23. The first-order chi connectivity index (χ1) is 14.0. The third-order valence-corrected chi connectivity index (χ3v) is 5.57. The molecule has 0 rings (SSSR count). The molecule has 0 amide bonds. The maximum Gasteiger partial charge on any atom is 0.331 e. The summed E-state index contributed by atoms with van der Waals surface area (Å²) in [4.78, 5) is 23.7. The lowest BCUT2D eigenvalue weighted by Crippen LogP contribution is -2.54. The molecule has 5 heteroatoms. The average Bonchev–Trinajstić information content (AvgIpc) is 2.70. The van der Waals surface area contributed by atoms with Gasteiger partial charge in [0, 0.05) is 6.42 Å². The summed E-state index contributed by atoms with van der Waals surface area (Å²) in [6, 6.07) is 0. The van der Waals surface area contributed by atoms with E-state index >= 15 is 0 Å². The van der Waals surface area contributed by atoms with Gasteiger partial charge in [0.05, 0.1) is 0 Å². The van der Waals surface area contributed by atoms with E-state index in [-0.39, 0.29) is 18.6 Å². The predicted octanol–water partition coefficient (Wildman–Crippen LogP) is 5.50. The molecule has 1 atom stereocenters. The first-order valence-electron chi connectivity index (χ1n) is 11.9. The molecule has 29 heavy (non-hydrogen) atoms. The van der Waals surface area contributed by atoms with Gasteiger partial charge in [-0.3, -0.25) is 4.79 Å². The molecule has 0 bridgehead atoms. The fourth-order valence-electron chi connectivity index (χ4n) is 3.49. The number of carboxylic acid groups (broad SMARTS) is 1. The Morgan fingerprint density at radius 2 is 1.31 bits per heavy atom. The van der Waals surface area contributed by atoms with Gasteiger partial charge in [-0.05, 0) is 57.9 Å². The number of rotatable bonds is 21. The van der Waals surface area contributed by atoms with Crippen molar-refractivity contribution in [3.8, 4) is 0 Å². The number of allylic oxidation sites excluding steroid dienone is 2. The number of aliphatic carboxylic acids is 1. The van der Waals surface area contributed by atoms with Gasteiger partial charge < -0.3 is 16.6 Å². The minimum atomic E-state index is -1.74. The Kier molecular flexibility index (Phi) is 18.0. The molecular formula is C24H46N2O3. The van der Waals surface area contributed by atoms with Crippen molar-refractivity contribution < 1.29 is 14.7 Å². The van der Waals surface area contributed by atoms with E-state index in [1.54, 1.807) is 0 Å². The highest BCUT2D eigenvalue weighted by molar-refractivity contribution is 6.07. The second-order valence-corrected chi connectivity index (χ2v) is 8.28. The van der Waals surface area contributed by atoms with E-state index in [2.05, 4.69) is 19.1 Å². The van der Waals surface area contributed by atoms with Gasteiger partial charge in [-0.15, -0.1) is 0 Å². The number of carbonyl (C=O) groups excluding carboxylic acids is 1. The highest BCUT2D eigenvalue weighted by Crippen LogP contribution is 2.18. The maximum absolute atomic E-state index is 12.3. The van der Waals surface area contributed by atoms with Crippen molar-refractivity contribution in [2.24, 2.45) is 11.5 Å². The van der Waals surface area contributed by atoms with Gasteiger partial charge in [-0.1, -0.05) is 70.4 Å². The lowest BCUT2D eigenvalue weighted by atomic mass is 9.86. The molecule has 0 heterocycles. The molecule has 0 unspecified atom stereocenters. The number of unbranched alkanes of at least 4 members (excludes halogenated alkanes) is 12. The summed E-state index contributed by atoms with van der Waals surface area (Å²) in [6.45, 7) is 2.73. The molecule has 0 aliphatic rings. The summed E-state index contributed by atoms with van der Waals surface area (Å²) in [5.74, 6) is -1.56. The van der Waals surface area contributed by atoms with Gasteiger partial charge in [0.15, 0.2) is 11.3 Å². The van der Waals surface area contributed by atoms with Crippen molar-refractivity contribution in [3.05, 3.63) is 12.2 Å². The van der Waals surface area contributed by atoms with Gasteiger partial charge in [-0.25, -0.2) is 4.79 Å². The second kappa shape index (κ2) is 18.8. The van der Waals surface area contributed by atoms with E-state index in [0.717, 1.165) is 32.1 Å². The number of hydrogen-bond donors (Lipinski definition) is 3. The molecule has 5 nitrogen and oxygen atoms in total. The molecular weight excluding hydrogens is 364 g/mol. The Labute approximate surface area is 178 Å². The summed E-state index contributed by atoms with van der Waals surface area (Å²) in [5, 5.41) is 9.34. The van der Waals surface area contributed by atoms with E-state index in [1.807, 2.05) is 0 Å². The SMILES string of the molecule is CCCCCCCC/C=C\CCCCCCCC(=O)[C@](N)(CCCCN)C(=O)O. The van der Waals surface area contributed by atoms with Crippen LogP contribution >= 0.6 is 0 Å². The molecule has 0 aromatic carbocycles. The standard InChI is InChI=1S/C24H46N2O3/c1-2-3-4-5-6-7-8-9-10-11-12-13-14-15-16-19-22(27)24(26,23(28)29)20-17-18-21-25/h9-10H,2-8,11-21,25-26H2,1H3,(H,28,29)/b10-9-/t24-/m1/s1. The molecule has 0 aliphatic heterocycles. The molecule has 0 saturated heterocycles. The fourth-order valence-corrected chi connectivity index (χ4v) is 3.49. The Hall–Kier alpha value is -1.20. The summed E-state index contributed by atoms with van der Waals surface area (Å²) >= 11 is 0. The van der Waals surface area contributed by atoms with Crippen molar-refractivity contribution in [2.45, 2.75) is 122 Å². The van der Waals surface area contributed by atoms with Crippen LogP contribution in [0.2, 0.25) is 0 Å². The maximum atomic E-state index is 12.3. The molecule has 0 fully saturated rings. The molecule has 0 radical (unpaired) electrons. The third kappa shape index (κ3) is 14.4. The van der Waals surface area contributed by atoms with E-state index in [9.17, 15) is 14.7 Å². The quantitative estimate of drug-likeness (QED) is 0.131. The number of Topliss-reactive ketones (excluding diaryl/α,β-unsaturated/α-hetero) is 1. The number of hydrogen-bond acceptors (Lipinski definition) is 4. The van der Waals surface area contributed by atoms with Gasteiger partial charge >= 0.3 is 5.97 Å². The first-order valence-corrected chi connectivity index (χ1v) is 11.9. The van der Waals surface area contributed by atoms with Crippen molar-refractivity contribution >= 4 is 11.8 Å². The van der Waals surface area contributed by atoms with Crippen LogP contribution in [-0.2, 0) is 9.59 Å². The minimum absolute atomic E-state index is 0.170. The van der Waals surface area contributed by atoms with E-state index in [4.69, 9.17) is 11.5 Å². The van der Waals surface area contributed by atoms with Gasteiger partial charge in [0.2, 0.25) is 0 Å². The van der Waals surface area contributed by atoms with Crippen molar-refractivity contribution in [1.82, 2.24) is 0 Å². The zero-order valence-corrected chi connectivity index (χ0v) is 18.8. The molecule has 0 aromatic heterocycles. The number of carbonyl (C=O) groups is 2. The Balaban J connectivity index is 3.69. The predicted molar refractivity (Wildman–Crippen MR) is 122 cm³/mol. The monoisotopic (exact) mass is 410 g/mol. The topological polar surface area (TPSA) is 106 Å². The molecule has 170 valence electrons. The Bertz CT molecular complexity index is 451. The third-order valence-electron chi connectivity index (χ3n) is 5.57. The van der Waals surface area contributed by atoms with E-state index < -0.39 is 11.5 Å². The van der Waals surface area contributed by atoms with E-state index in [0.29, 0.717) is 19.4 Å². The van der Waals surface area contributed by atoms with Crippen LogP contribution in [0.5, 0.6) is 0 Å². The average molecular weight is 411 g/mol. The van der Waals surface area contributed by atoms with Gasteiger partial charge in [0.1, 0.15) is 0 Å². The molecule has 0 aromatic rings. The largest absolute Gasteiger partial charge is 0.480 e. The van der Waals surface area contributed by atoms with Crippen LogP contribution in [0.15, 0.2) is 12.2 Å². The van der Waals surface area contributed by atoms with Crippen LogP contribution in [0.4, 0.5) is 0 Å². The summed E-state index contributed by atoms with van der Waals surface area (Å²) in [5.41, 5.74) is 9.58. The normalized spacial score (nSPS) is 13.6. The Morgan fingerprint density at radius 1 is 0.793 bits per heavy atom. The van der Waals surface area contributed by atoms with Gasteiger partial charge in [-0.2, -0.15) is 0 Å². The zero-order chi connectivity index (χ0) is 21.8. The second-order valence-electron chi connectivity index (χ2n) is 8.28. The van der Waals surface area contributed by atoms with Crippen molar-refractivity contribution in [3.63, 3.8) is 0 Å². The van der Waals surface area contributed by atoms with Crippen LogP contribution in [0.25, 0.3) is 0 Å². The van der Waals surface area contributed by atoms with Crippen LogP contribution in [0.3, 0.4) is 0 Å². The Morgan fingerprint density at radius 3 is 1.83 bits per heavy atom. The summed E-state index contributed by atoms with van der Waals surface area (Å²) in [7, 11) is 0. The van der Waals surface area contributed by atoms with E-state index in [1.165, 1.54) is 51.4 Å². The molecule has 0 spiro atoms. The van der Waals surface area contributed by atoms with Crippen LogP contribution < -0.4 is 11.5 Å². The smallest absolute Gasteiger partial charge is 0.331 e. The molecule has 0 saturated carbocycles. The fraction of sp³-hybridized carbons (Fsp3) is 0.833. The van der Waals surface area contributed by atoms with Crippen molar-refractivity contribution in [1.29, 1.82) is 0 Å². The van der Waals surface area contributed by atoms with Crippen LogP contribution in [-0.4, -0.2) is 28.9 Å². The highest BCUT2D eigenvalue weighted by Gasteiger charge is 2.40. The van der Waals surface area contributed by atoms with Crippen LogP contribution in [0, 0.1) is 0 Å². The summed E-state index contributed by atoms with van der Waals surface area (Å²) in [6.07, 6.45) is 21.8. The number of nitrogens with two attached hydrogens (primary N) is 2. The number of ketones is 1. The van der Waals surface area contributed by atoms with Crippen molar-refractivity contribution in [2.75, 3.05) is 6.54 Å². The zero-order valence-electron chi connectivity index (χ0n) is 18.8. The lowest BCUT2D eigenvalue weighted by molar-refractivity contribution is -0.148. The first kappa shape index (κ1) is 27.8. The number of carboxylic acids is 1. The molecule has 5 N–H and O–H groups in total. The molecule has 0 aliphatic carbocycles. The van der Waals surface area contributed by atoms with Gasteiger partial charge in [0.25, 0.3) is 0 Å². The summed E-state index contributed by atoms with van der Waals surface area (Å²) < 4.78 is 0.